The molecule has 5 atom stereocenters. The molecule has 11 heteroatoms. The van der Waals surface area contributed by atoms with Gasteiger partial charge in [-0.3, -0.25) is 0 Å². The van der Waals surface area contributed by atoms with E-state index < -0.39 is 81.9 Å². The van der Waals surface area contributed by atoms with Crippen LogP contribution in [0.5, 0.6) is 0 Å². The fourth-order valence-electron chi connectivity index (χ4n) is 6.73. The second-order valence-electron chi connectivity index (χ2n) is 14.4. The molecule has 1 aliphatic rings. The summed E-state index contributed by atoms with van der Waals surface area (Å²) in [6.45, 7) is 5.49. The Labute approximate surface area is 364 Å². The van der Waals surface area contributed by atoms with Crippen LogP contribution >= 0.6 is 0 Å². The number of nitrogens with zero attached hydrogens (tertiary/aromatic N) is 1. The van der Waals surface area contributed by atoms with E-state index in [0.29, 0.717) is 9.45 Å². The van der Waals surface area contributed by atoms with Crippen molar-refractivity contribution in [3.05, 3.63) is 203 Å². The zero-order valence-corrected chi connectivity index (χ0v) is 36.0. The first kappa shape index (κ1) is 42.7. The van der Waals surface area contributed by atoms with Gasteiger partial charge in [0.2, 0.25) is 0 Å². The van der Waals surface area contributed by atoms with Gasteiger partial charge in [-0.15, -0.1) is 0 Å². The summed E-state index contributed by atoms with van der Waals surface area (Å²) in [6, 6.07) is 47.4. The summed E-state index contributed by atoms with van der Waals surface area (Å²) in [6.07, 6.45) is -6.82. The van der Waals surface area contributed by atoms with Crippen molar-refractivity contribution in [1.82, 2.24) is 0 Å². The quantitative estimate of drug-likeness (QED) is 0.0491. The molecule has 0 unspecified atom stereocenters. The molecule has 61 heavy (non-hydrogen) atoms. The minimum atomic E-state index is -1.50. The second kappa shape index (κ2) is 20.3. The summed E-state index contributed by atoms with van der Waals surface area (Å²) in [5, 5.41) is 0. The predicted molar refractivity (Wildman–Crippen MR) is 232 cm³/mol. The Morgan fingerprint density at radius 1 is 0.508 bits per heavy atom. The monoisotopic (exact) mass is 931 g/mol. The summed E-state index contributed by atoms with van der Waals surface area (Å²) >= 11 is -1.45. The molecule has 7 rings (SSSR count). The van der Waals surface area contributed by atoms with Crippen molar-refractivity contribution in [2.24, 2.45) is 4.99 Å². The van der Waals surface area contributed by atoms with Crippen molar-refractivity contribution in [2.45, 2.75) is 51.3 Å². The van der Waals surface area contributed by atoms with Gasteiger partial charge in [0.1, 0.15) is 0 Å². The fraction of sp³-hybridized carbons (Fsp3) is 0.180. The van der Waals surface area contributed by atoms with Crippen LogP contribution in [0, 0.1) is 20.8 Å². The molecule has 0 spiro atoms. The zero-order chi connectivity index (χ0) is 42.7. The zero-order valence-electron chi connectivity index (χ0n) is 33.7. The maximum atomic E-state index is 14.2. The van der Waals surface area contributed by atoms with Gasteiger partial charge in [-0.05, 0) is 0 Å². The molecular formula is C50H43NO9Te. The van der Waals surface area contributed by atoms with Gasteiger partial charge in [0.25, 0.3) is 0 Å². The molecule has 6 aromatic carbocycles. The molecule has 1 aliphatic heterocycles. The van der Waals surface area contributed by atoms with E-state index in [0.717, 1.165) is 20.3 Å². The van der Waals surface area contributed by atoms with Crippen molar-refractivity contribution in [3.63, 3.8) is 0 Å². The van der Waals surface area contributed by atoms with Crippen LogP contribution in [0.1, 0.15) is 58.1 Å². The molecule has 0 bridgehead atoms. The van der Waals surface area contributed by atoms with E-state index in [1.165, 1.54) is 0 Å². The minimum absolute atomic E-state index is 0.205. The number of hydrogen-bond acceptors (Lipinski definition) is 10. The Hall–Kier alpha value is -6.38. The summed E-state index contributed by atoms with van der Waals surface area (Å²) in [7, 11) is 0. The molecule has 308 valence electrons. The molecule has 0 amide bonds. The van der Waals surface area contributed by atoms with Gasteiger partial charge in [-0.1, -0.05) is 0 Å². The Bertz CT molecular complexity index is 2460. The fourth-order valence-corrected chi connectivity index (χ4v) is 9.46. The van der Waals surface area contributed by atoms with Crippen molar-refractivity contribution in [1.29, 1.82) is 0 Å². The van der Waals surface area contributed by atoms with Gasteiger partial charge in [-0.25, -0.2) is 0 Å². The van der Waals surface area contributed by atoms with E-state index in [1.54, 1.807) is 121 Å². The van der Waals surface area contributed by atoms with Crippen LogP contribution in [-0.4, -0.2) is 85.7 Å². The van der Waals surface area contributed by atoms with Crippen LogP contribution in [0.2, 0.25) is 0 Å². The van der Waals surface area contributed by atoms with E-state index >= 15 is 0 Å². The van der Waals surface area contributed by atoms with Gasteiger partial charge < -0.3 is 0 Å². The molecule has 0 radical (unpaired) electrons. The van der Waals surface area contributed by atoms with Crippen LogP contribution in [0.25, 0.3) is 0 Å². The molecule has 10 nitrogen and oxygen atoms in total. The summed E-state index contributed by atoms with van der Waals surface area (Å²) in [5.74, 6) is -2.92. The molecule has 1 saturated heterocycles. The second-order valence-corrected chi connectivity index (χ2v) is 17.5. The van der Waals surface area contributed by atoms with E-state index in [1.807, 2.05) is 63.2 Å². The first-order chi connectivity index (χ1) is 29.6. The van der Waals surface area contributed by atoms with E-state index in [9.17, 15) is 19.2 Å². The average Bonchev–Trinajstić information content (AvgIpc) is 3.29. The van der Waals surface area contributed by atoms with E-state index in [2.05, 4.69) is 0 Å². The number of hydrogen-bond donors (Lipinski definition) is 0. The van der Waals surface area contributed by atoms with Crippen LogP contribution in [0.4, 0.5) is 5.69 Å². The predicted octanol–water partition coefficient (Wildman–Crippen LogP) is 7.97. The standard InChI is InChI=1S/C50H43NO9Te/c1-32-27-29-39(30-28-32)61-46(51-41-33(2)17-16-18-34(41)3)45-44(60-50(55)38-25-14-7-15-26-38)43(59-49(54)37-23-12-6-13-24-37)42(58-48(53)36-21-10-5-11-22-36)40(57-45)31-56-47(52)35-19-8-4-9-20-35/h4-30,40,42-45H,31H2,1-3H3/t40-,42-,43+,44-,45+/m1/s1. The summed E-state index contributed by atoms with van der Waals surface area (Å²) < 4.78 is 33.5. The van der Waals surface area contributed by atoms with Gasteiger partial charge in [0, 0.05) is 0 Å². The summed E-state index contributed by atoms with van der Waals surface area (Å²) in [5.41, 5.74) is 4.51. The third-order valence-corrected chi connectivity index (χ3v) is 12.9. The first-order valence-electron chi connectivity index (χ1n) is 19.7. The Kier molecular flexibility index (Phi) is 14.2. The third kappa shape index (κ3) is 10.9. The van der Waals surface area contributed by atoms with Crippen LogP contribution in [0.15, 0.2) is 169 Å². The maximum absolute atomic E-state index is 14.2. The molecule has 0 aromatic heterocycles. The Balaban J connectivity index is 1.41. The molecule has 6 aromatic rings. The van der Waals surface area contributed by atoms with Crippen molar-refractivity contribution in [3.8, 4) is 0 Å². The number of carbonyl (C=O) groups excluding carboxylic acids is 4. The van der Waals surface area contributed by atoms with Gasteiger partial charge in [0.15, 0.2) is 0 Å². The number of esters is 4. The number of ether oxygens (including phenoxy) is 5. The van der Waals surface area contributed by atoms with Crippen LogP contribution < -0.4 is 3.61 Å². The van der Waals surface area contributed by atoms with E-state index in [-0.39, 0.29) is 22.3 Å². The number of rotatable bonds is 13. The SMILES string of the molecule is Cc1ccc([Te]C(=Nc2c(C)cccc2C)[C@H]2O[C@H](COC(=O)c3ccccc3)[C@@H](OC(=O)c3ccccc3)[C@H](OC(=O)c3ccccc3)[C@H]2OC(=O)c2ccccc2)cc1. The number of para-hydroxylation sites is 1. The molecular weight excluding hydrogens is 886 g/mol. The molecule has 0 saturated carbocycles. The van der Waals surface area contributed by atoms with Crippen molar-refractivity contribution < 1.29 is 42.9 Å². The van der Waals surface area contributed by atoms with Crippen molar-refractivity contribution in [2.75, 3.05) is 6.61 Å². The van der Waals surface area contributed by atoms with Crippen LogP contribution in [-0.2, 0) is 23.7 Å². The first-order valence-corrected chi connectivity index (χ1v) is 22.0. The van der Waals surface area contributed by atoms with E-state index in [4.69, 9.17) is 28.7 Å². The molecule has 1 fully saturated rings. The van der Waals surface area contributed by atoms with Gasteiger partial charge >= 0.3 is 366 Å². The topological polar surface area (TPSA) is 127 Å². The van der Waals surface area contributed by atoms with Gasteiger partial charge in [-0.2, -0.15) is 0 Å². The summed E-state index contributed by atoms with van der Waals surface area (Å²) in [4.78, 5) is 61.2. The van der Waals surface area contributed by atoms with Crippen molar-refractivity contribution >= 4 is 57.9 Å². The van der Waals surface area contributed by atoms with Crippen LogP contribution in [0.3, 0.4) is 0 Å². The molecule has 1 heterocycles. The Morgan fingerprint density at radius 2 is 0.934 bits per heavy atom. The molecule has 0 aliphatic carbocycles. The number of aryl methyl sites for hydroxylation is 3. The normalized spacial score (nSPS) is 18.7. The number of benzene rings is 6. The molecule has 0 N–H and O–H groups in total. The third-order valence-electron chi connectivity index (χ3n) is 9.93. The number of aliphatic imine (C=N–C) groups is 1. The van der Waals surface area contributed by atoms with Gasteiger partial charge in [0.05, 0.1) is 0 Å². The Morgan fingerprint density at radius 3 is 1.41 bits per heavy atom. The average molecular weight is 929 g/mol. The number of carbonyl (C=O) groups is 4.